The summed E-state index contributed by atoms with van der Waals surface area (Å²) in [5, 5.41) is 5.25. The van der Waals surface area contributed by atoms with Gasteiger partial charge >= 0.3 is 0 Å². The van der Waals surface area contributed by atoms with E-state index in [4.69, 9.17) is 23.2 Å². The second kappa shape index (κ2) is 22.6. The summed E-state index contributed by atoms with van der Waals surface area (Å²) in [6.45, 7) is 11.8. The molecule has 7 aromatic carbocycles. The first-order valence-corrected chi connectivity index (χ1v) is 23.8. The number of amides is 1. The first kappa shape index (κ1) is 46.0. The number of halogens is 2. The molecule has 0 saturated carbocycles. The van der Waals surface area contributed by atoms with Crippen LogP contribution in [0.4, 0.5) is 0 Å². The normalized spacial score (nSPS) is 16.7. The Balaban J connectivity index is 0.000000184. The Kier molecular flexibility index (Phi) is 16.0. The fourth-order valence-electron chi connectivity index (χ4n) is 9.21. The van der Waals surface area contributed by atoms with Crippen molar-refractivity contribution < 1.29 is 4.79 Å². The van der Waals surface area contributed by atoms with Crippen LogP contribution in [0.15, 0.2) is 176 Å². The number of carbonyl (C=O) groups excluding carboxylic acids is 1. The minimum Gasteiger partial charge on any atom is -0.337 e. The van der Waals surface area contributed by atoms with Crippen LogP contribution in [0, 0.1) is 13.8 Å². The molecule has 2 aliphatic heterocycles. The Labute approximate surface area is 396 Å². The number of benzene rings is 7. The molecule has 0 radical (unpaired) electrons. The Morgan fingerprint density at radius 1 is 0.523 bits per heavy atom. The predicted molar refractivity (Wildman–Crippen MR) is 272 cm³/mol. The SMILES string of the molecule is Cc1ccc(Cl)c(-c2ccc(CN3CCN(C(=O)Cc4ccccc4)[C@@H](Cc4ccccc4)C3)cc2)c1.Cc1ccc(Cl)c(-c2ccc(CN3CCN[C@@H](Cc4ccccc4)C3)cc2)c1. The van der Waals surface area contributed by atoms with Crippen molar-refractivity contribution in [2.45, 2.75) is 58.3 Å². The Bertz CT molecular complexity index is 2590. The standard InChI is InChI=1S/C33H33ClN2O.C25H27ClN2/c1-25-12-17-32(34)31(20-25)29-15-13-28(14-16-29)23-35-18-19-36(33(37)22-27-10-6-3-7-11-27)30(24-35)21-26-8-4-2-5-9-26;1-19-7-12-25(26)24(15-19)22-10-8-21(9-11-22)17-28-14-13-27-23(18-28)16-20-5-3-2-4-6-20/h2-17,20,30H,18-19,21-24H2,1H3;2-12,15,23,27H,13-14,16-18H2,1H3/t30-;23-/m00/s1. The van der Waals surface area contributed by atoms with Crippen molar-refractivity contribution in [1.82, 2.24) is 20.0 Å². The zero-order valence-electron chi connectivity index (χ0n) is 37.7. The van der Waals surface area contributed by atoms with E-state index in [1.165, 1.54) is 38.9 Å². The van der Waals surface area contributed by atoms with Gasteiger partial charge in [-0.2, -0.15) is 0 Å². The molecule has 1 N–H and O–H groups in total. The Morgan fingerprint density at radius 2 is 1.00 bits per heavy atom. The summed E-state index contributed by atoms with van der Waals surface area (Å²) in [6.07, 6.45) is 2.40. The molecule has 0 bridgehead atoms. The molecule has 1 amide bonds. The van der Waals surface area contributed by atoms with Gasteiger partial charge in [-0.3, -0.25) is 14.6 Å². The number of piperazine rings is 2. The lowest BCUT2D eigenvalue weighted by molar-refractivity contribution is -0.135. The van der Waals surface area contributed by atoms with E-state index in [9.17, 15) is 4.79 Å². The maximum Gasteiger partial charge on any atom is 0.227 e. The van der Waals surface area contributed by atoms with E-state index in [0.717, 1.165) is 97.5 Å². The molecule has 0 aliphatic carbocycles. The number of hydrogen-bond acceptors (Lipinski definition) is 4. The van der Waals surface area contributed by atoms with E-state index in [2.05, 4.69) is 155 Å². The van der Waals surface area contributed by atoms with Crippen LogP contribution in [0.1, 0.15) is 38.9 Å². The summed E-state index contributed by atoms with van der Waals surface area (Å²) >= 11 is 12.9. The van der Waals surface area contributed by atoms with E-state index < -0.39 is 0 Å². The van der Waals surface area contributed by atoms with Gasteiger partial charge in [0.05, 0.1) is 6.42 Å². The van der Waals surface area contributed by atoms with Crippen molar-refractivity contribution in [2.24, 2.45) is 0 Å². The number of carbonyl (C=O) groups is 1. The molecule has 5 nitrogen and oxygen atoms in total. The minimum atomic E-state index is 0.151. The van der Waals surface area contributed by atoms with Gasteiger partial charge in [-0.15, -0.1) is 0 Å². The maximum atomic E-state index is 13.4. The van der Waals surface area contributed by atoms with Crippen LogP contribution in [0.25, 0.3) is 22.3 Å². The zero-order valence-corrected chi connectivity index (χ0v) is 39.2. The van der Waals surface area contributed by atoms with Gasteiger partial charge in [-0.25, -0.2) is 0 Å². The van der Waals surface area contributed by atoms with Crippen LogP contribution >= 0.6 is 23.2 Å². The van der Waals surface area contributed by atoms with Gasteiger partial charge in [-0.1, -0.05) is 186 Å². The summed E-state index contributed by atoms with van der Waals surface area (Å²) < 4.78 is 0. The van der Waals surface area contributed by atoms with Crippen molar-refractivity contribution in [3.63, 3.8) is 0 Å². The number of nitrogens with one attached hydrogen (secondary N) is 1. The van der Waals surface area contributed by atoms with Crippen LogP contribution in [-0.2, 0) is 37.1 Å². The molecule has 65 heavy (non-hydrogen) atoms. The quantitative estimate of drug-likeness (QED) is 0.133. The van der Waals surface area contributed by atoms with Gasteiger partial charge in [0.15, 0.2) is 0 Å². The molecule has 0 unspecified atom stereocenters. The zero-order chi connectivity index (χ0) is 45.0. The lowest BCUT2D eigenvalue weighted by Gasteiger charge is -2.42. The number of nitrogens with zero attached hydrogens (tertiary/aromatic N) is 3. The van der Waals surface area contributed by atoms with Gasteiger partial charge in [-0.05, 0) is 89.9 Å². The summed E-state index contributed by atoms with van der Waals surface area (Å²) in [6, 6.07) is 61.9. The molecular weight excluding hydrogens is 840 g/mol. The first-order chi connectivity index (χ1) is 31.7. The summed E-state index contributed by atoms with van der Waals surface area (Å²) in [4.78, 5) is 20.5. The van der Waals surface area contributed by atoms with Crippen LogP contribution < -0.4 is 5.32 Å². The molecule has 2 aliphatic rings. The molecular formula is C58H60Cl2N4O. The fourth-order valence-corrected chi connectivity index (χ4v) is 9.67. The lowest BCUT2D eigenvalue weighted by Crippen LogP contribution is -2.56. The summed E-state index contributed by atoms with van der Waals surface area (Å²) in [5.74, 6) is 0.214. The highest BCUT2D eigenvalue weighted by atomic mass is 35.5. The van der Waals surface area contributed by atoms with Crippen molar-refractivity contribution in [2.75, 3.05) is 39.3 Å². The average molecular weight is 900 g/mol. The fraction of sp³-hybridized carbons (Fsp3) is 0.259. The average Bonchev–Trinajstić information content (AvgIpc) is 3.32. The van der Waals surface area contributed by atoms with Crippen molar-refractivity contribution in [1.29, 1.82) is 0 Å². The van der Waals surface area contributed by atoms with Gasteiger partial charge in [0.1, 0.15) is 0 Å². The van der Waals surface area contributed by atoms with Gasteiger partial charge in [0.2, 0.25) is 5.91 Å². The summed E-state index contributed by atoms with van der Waals surface area (Å²) in [5.41, 5.74) is 13.3. The Hall–Kier alpha value is -5.53. The lowest BCUT2D eigenvalue weighted by atomic mass is 9.99. The van der Waals surface area contributed by atoms with Gasteiger partial charge in [0.25, 0.3) is 0 Å². The Morgan fingerprint density at radius 3 is 1.52 bits per heavy atom. The third-order valence-electron chi connectivity index (χ3n) is 12.7. The van der Waals surface area contributed by atoms with E-state index in [1.54, 1.807) is 0 Å². The molecule has 2 fully saturated rings. The second-order valence-corrected chi connectivity index (χ2v) is 18.6. The molecule has 7 aromatic rings. The minimum absolute atomic E-state index is 0.151. The number of aryl methyl sites for hydroxylation is 2. The van der Waals surface area contributed by atoms with E-state index in [-0.39, 0.29) is 11.9 Å². The molecule has 2 atom stereocenters. The highest BCUT2D eigenvalue weighted by Crippen LogP contribution is 2.31. The molecule has 0 spiro atoms. The predicted octanol–water partition coefficient (Wildman–Crippen LogP) is 12.1. The van der Waals surface area contributed by atoms with Gasteiger partial charge < -0.3 is 10.2 Å². The van der Waals surface area contributed by atoms with Crippen LogP contribution in [0.5, 0.6) is 0 Å². The van der Waals surface area contributed by atoms with Crippen LogP contribution in [-0.4, -0.2) is 72.0 Å². The largest absolute Gasteiger partial charge is 0.337 e. The van der Waals surface area contributed by atoms with Crippen molar-refractivity contribution >= 4 is 29.1 Å². The van der Waals surface area contributed by atoms with E-state index in [1.807, 2.05) is 54.6 Å². The maximum absolute atomic E-state index is 13.4. The number of rotatable bonds is 12. The smallest absolute Gasteiger partial charge is 0.227 e. The van der Waals surface area contributed by atoms with Crippen molar-refractivity contribution in [3.05, 3.63) is 225 Å². The second-order valence-electron chi connectivity index (χ2n) is 17.8. The molecule has 0 aromatic heterocycles. The highest BCUT2D eigenvalue weighted by molar-refractivity contribution is 6.33. The third-order valence-corrected chi connectivity index (χ3v) is 13.3. The molecule has 332 valence electrons. The van der Waals surface area contributed by atoms with E-state index in [0.29, 0.717) is 12.5 Å². The molecule has 2 heterocycles. The van der Waals surface area contributed by atoms with Crippen LogP contribution in [0.3, 0.4) is 0 Å². The highest BCUT2D eigenvalue weighted by Gasteiger charge is 2.30. The molecule has 7 heteroatoms. The summed E-state index contributed by atoms with van der Waals surface area (Å²) in [7, 11) is 0. The topological polar surface area (TPSA) is 38.8 Å². The number of hydrogen-bond donors (Lipinski definition) is 1. The molecule has 2 saturated heterocycles. The monoisotopic (exact) mass is 898 g/mol. The van der Waals surface area contributed by atoms with Gasteiger partial charge in [0, 0.05) is 85.6 Å². The third kappa shape index (κ3) is 13.1. The molecule has 9 rings (SSSR count). The van der Waals surface area contributed by atoms with Crippen molar-refractivity contribution in [3.8, 4) is 22.3 Å². The van der Waals surface area contributed by atoms with Crippen LogP contribution in [0.2, 0.25) is 10.0 Å². The first-order valence-electron chi connectivity index (χ1n) is 23.0. The van der Waals surface area contributed by atoms with E-state index >= 15 is 0 Å².